The van der Waals surface area contributed by atoms with Crippen LogP contribution in [0, 0.1) is 0 Å². The van der Waals surface area contributed by atoms with Crippen molar-refractivity contribution in [3.05, 3.63) is 54.5 Å². The summed E-state index contributed by atoms with van der Waals surface area (Å²) in [4.78, 5) is 22.6. The highest BCUT2D eigenvalue weighted by atomic mass is 16.4. The van der Waals surface area contributed by atoms with Gasteiger partial charge in [-0.3, -0.25) is 0 Å². The number of fused-ring (bicyclic) bond motifs is 1. The van der Waals surface area contributed by atoms with E-state index in [1.165, 1.54) is 0 Å². The van der Waals surface area contributed by atoms with Crippen molar-refractivity contribution in [1.29, 1.82) is 0 Å². The van der Waals surface area contributed by atoms with Crippen LogP contribution in [0.15, 0.2) is 48.9 Å². The summed E-state index contributed by atoms with van der Waals surface area (Å²) in [5, 5.41) is 13.3. The number of aliphatic carboxylic acids is 1. The van der Waals surface area contributed by atoms with Gasteiger partial charge in [-0.15, -0.1) is 0 Å². The molecule has 3 N–H and O–H groups in total. The zero-order chi connectivity index (χ0) is 14.7. The number of carboxylic acid groups (broad SMARTS) is 1. The van der Waals surface area contributed by atoms with Crippen molar-refractivity contribution in [3.63, 3.8) is 0 Å². The minimum atomic E-state index is -0.937. The van der Waals surface area contributed by atoms with Crippen molar-refractivity contribution in [3.8, 4) is 0 Å². The Kier molecular flexibility index (Phi) is 3.51. The number of hydrogen-bond donors (Lipinski definition) is 3. The first-order valence-corrected chi connectivity index (χ1v) is 6.55. The molecule has 0 radical (unpaired) electrons. The molecule has 3 aromatic rings. The fourth-order valence-corrected chi connectivity index (χ4v) is 2.25. The normalized spacial score (nSPS) is 12.2. The van der Waals surface area contributed by atoms with E-state index in [4.69, 9.17) is 0 Å². The number of benzene rings is 1. The van der Waals surface area contributed by atoms with E-state index in [9.17, 15) is 9.90 Å². The van der Waals surface area contributed by atoms with Crippen LogP contribution < -0.4 is 5.32 Å². The zero-order valence-electron chi connectivity index (χ0n) is 11.2. The first-order chi connectivity index (χ1) is 10.2. The molecular formula is C15H14N4O2. The van der Waals surface area contributed by atoms with Crippen molar-refractivity contribution >= 4 is 22.8 Å². The number of nitrogens with zero attached hydrogens (tertiary/aromatic N) is 2. The van der Waals surface area contributed by atoms with E-state index in [0.29, 0.717) is 12.4 Å². The van der Waals surface area contributed by atoms with Gasteiger partial charge in [0, 0.05) is 35.9 Å². The molecule has 0 aliphatic carbocycles. The molecule has 2 aromatic heterocycles. The lowest BCUT2D eigenvalue weighted by Crippen LogP contribution is -2.32. The predicted molar refractivity (Wildman–Crippen MR) is 79.1 cm³/mol. The molecule has 1 atom stereocenters. The van der Waals surface area contributed by atoms with Gasteiger partial charge in [0.15, 0.2) is 0 Å². The number of aromatic nitrogens is 3. The van der Waals surface area contributed by atoms with Crippen molar-refractivity contribution in [2.45, 2.75) is 12.5 Å². The number of aromatic amines is 1. The minimum absolute atomic E-state index is 0.310. The van der Waals surface area contributed by atoms with Gasteiger partial charge in [-0.25, -0.2) is 14.8 Å². The Labute approximate surface area is 120 Å². The number of carbonyl (C=O) groups is 1. The summed E-state index contributed by atoms with van der Waals surface area (Å²) < 4.78 is 0. The third-order valence-corrected chi connectivity index (χ3v) is 3.27. The standard InChI is InChI=1S/C15H14N4O2/c20-14(21)13(19-15-16-6-3-7-17-15)8-10-9-18-12-5-2-1-4-11(10)12/h1-7,9,13,18H,8H2,(H,20,21)(H,16,17,19). The van der Waals surface area contributed by atoms with Gasteiger partial charge in [0.2, 0.25) is 5.95 Å². The van der Waals surface area contributed by atoms with E-state index < -0.39 is 12.0 Å². The summed E-state index contributed by atoms with van der Waals surface area (Å²) in [5.74, 6) is -0.627. The average molecular weight is 282 g/mol. The number of para-hydroxylation sites is 1. The Balaban J connectivity index is 1.84. The Bertz CT molecular complexity index is 754. The SMILES string of the molecule is O=C(O)C(Cc1c[nH]c2ccccc12)Nc1ncccn1. The predicted octanol–water partition coefficient (Wildman–Crippen LogP) is 2.07. The summed E-state index contributed by atoms with van der Waals surface area (Å²) in [6, 6.07) is 8.70. The molecule has 0 amide bonds. The summed E-state index contributed by atoms with van der Waals surface area (Å²) >= 11 is 0. The van der Waals surface area contributed by atoms with Crippen LogP contribution in [-0.2, 0) is 11.2 Å². The summed E-state index contributed by atoms with van der Waals surface area (Å²) in [7, 11) is 0. The third-order valence-electron chi connectivity index (χ3n) is 3.27. The highest BCUT2D eigenvalue weighted by Crippen LogP contribution is 2.19. The molecule has 3 rings (SSSR count). The molecular weight excluding hydrogens is 268 g/mol. The molecule has 2 heterocycles. The van der Waals surface area contributed by atoms with Gasteiger partial charge in [0.05, 0.1) is 0 Å². The van der Waals surface area contributed by atoms with Crippen LogP contribution >= 0.6 is 0 Å². The molecule has 1 aromatic carbocycles. The number of nitrogens with one attached hydrogen (secondary N) is 2. The second kappa shape index (κ2) is 5.62. The fraction of sp³-hybridized carbons (Fsp3) is 0.133. The van der Waals surface area contributed by atoms with E-state index in [1.807, 2.05) is 30.5 Å². The molecule has 0 aliphatic heterocycles. The van der Waals surface area contributed by atoms with E-state index in [-0.39, 0.29) is 0 Å². The summed E-state index contributed by atoms with van der Waals surface area (Å²) in [6.45, 7) is 0. The van der Waals surface area contributed by atoms with Crippen LogP contribution in [0.25, 0.3) is 10.9 Å². The number of H-pyrrole nitrogens is 1. The van der Waals surface area contributed by atoms with Crippen LogP contribution in [0.3, 0.4) is 0 Å². The molecule has 21 heavy (non-hydrogen) atoms. The van der Waals surface area contributed by atoms with E-state index >= 15 is 0 Å². The summed E-state index contributed by atoms with van der Waals surface area (Å²) in [6.07, 6.45) is 5.33. The van der Waals surface area contributed by atoms with Crippen LogP contribution in [0.5, 0.6) is 0 Å². The highest BCUT2D eigenvalue weighted by Gasteiger charge is 2.20. The van der Waals surface area contributed by atoms with Gasteiger partial charge < -0.3 is 15.4 Å². The average Bonchev–Trinajstić information content (AvgIpc) is 2.91. The zero-order valence-corrected chi connectivity index (χ0v) is 11.2. The molecule has 6 heteroatoms. The number of anilines is 1. The van der Waals surface area contributed by atoms with Gasteiger partial charge in [0.1, 0.15) is 6.04 Å². The van der Waals surface area contributed by atoms with Crippen molar-refractivity contribution in [1.82, 2.24) is 15.0 Å². The van der Waals surface area contributed by atoms with Crippen molar-refractivity contribution < 1.29 is 9.90 Å². The van der Waals surface area contributed by atoms with Crippen molar-refractivity contribution in [2.24, 2.45) is 0 Å². The Morgan fingerprint density at radius 2 is 2.00 bits per heavy atom. The molecule has 0 fully saturated rings. The van der Waals surface area contributed by atoms with Crippen LogP contribution in [0.1, 0.15) is 5.56 Å². The first kappa shape index (κ1) is 13.1. The Morgan fingerprint density at radius 1 is 1.24 bits per heavy atom. The number of hydrogen-bond acceptors (Lipinski definition) is 4. The lowest BCUT2D eigenvalue weighted by Gasteiger charge is -2.13. The summed E-state index contributed by atoms with van der Waals surface area (Å²) in [5.41, 5.74) is 1.94. The van der Waals surface area contributed by atoms with E-state index in [0.717, 1.165) is 16.5 Å². The van der Waals surface area contributed by atoms with Crippen molar-refractivity contribution in [2.75, 3.05) is 5.32 Å². The quantitative estimate of drug-likeness (QED) is 0.666. The highest BCUT2D eigenvalue weighted by molar-refractivity contribution is 5.84. The van der Waals surface area contributed by atoms with Crippen LogP contribution in [0.2, 0.25) is 0 Å². The van der Waals surface area contributed by atoms with Gasteiger partial charge >= 0.3 is 5.97 Å². The molecule has 0 saturated heterocycles. The monoisotopic (exact) mass is 282 g/mol. The van der Waals surface area contributed by atoms with Gasteiger partial charge in [-0.1, -0.05) is 18.2 Å². The second-order valence-electron chi connectivity index (χ2n) is 4.67. The molecule has 6 nitrogen and oxygen atoms in total. The lowest BCUT2D eigenvalue weighted by molar-refractivity contribution is -0.137. The third kappa shape index (κ3) is 2.84. The Morgan fingerprint density at radius 3 is 2.76 bits per heavy atom. The molecule has 0 spiro atoms. The lowest BCUT2D eigenvalue weighted by atomic mass is 10.1. The number of rotatable bonds is 5. The maximum atomic E-state index is 11.4. The van der Waals surface area contributed by atoms with Crippen LogP contribution in [-0.4, -0.2) is 32.1 Å². The molecule has 0 saturated carbocycles. The largest absolute Gasteiger partial charge is 0.480 e. The first-order valence-electron chi connectivity index (χ1n) is 6.55. The topological polar surface area (TPSA) is 90.9 Å². The number of carboxylic acids is 1. The van der Waals surface area contributed by atoms with E-state index in [1.54, 1.807) is 18.5 Å². The van der Waals surface area contributed by atoms with Gasteiger partial charge in [-0.2, -0.15) is 0 Å². The second-order valence-corrected chi connectivity index (χ2v) is 4.67. The Hall–Kier alpha value is -2.89. The molecule has 0 aliphatic rings. The van der Waals surface area contributed by atoms with Gasteiger partial charge in [-0.05, 0) is 17.7 Å². The molecule has 0 bridgehead atoms. The van der Waals surface area contributed by atoms with Gasteiger partial charge in [0.25, 0.3) is 0 Å². The molecule has 106 valence electrons. The minimum Gasteiger partial charge on any atom is -0.480 e. The fourth-order valence-electron chi connectivity index (χ4n) is 2.25. The smallest absolute Gasteiger partial charge is 0.326 e. The van der Waals surface area contributed by atoms with E-state index in [2.05, 4.69) is 20.3 Å². The maximum Gasteiger partial charge on any atom is 0.326 e. The maximum absolute atomic E-state index is 11.4. The van der Waals surface area contributed by atoms with Crippen LogP contribution in [0.4, 0.5) is 5.95 Å². The molecule has 1 unspecified atom stereocenters.